The second-order valence-electron chi connectivity index (χ2n) is 3.85. The lowest BCUT2D eigenvalue weighted by Crippen LogP contribution is -2.02. The first-order valence-corrected chi connectivity index (χ1v) is 5.07. The first-order valence-electron chi connectivity index (χ1n) is 5.07. The number of hydrogen-bond donors (Lipinski definition) is 3. The number of hydrogen-bond acceptors (Lipinski definition) is 3. The van der Waals surface area contributed by atoms with Gasteiger partial charge in [0, 0.05) is 12.1 Å². The number of H-pyrrole nitrogens is 1. The standard InChI is InChI=1S/C11H15N3O/c1-7(15)2-5-11-13-9-4-3-8(12)6-10(9)14-11/h3-4,6-7,15H,2,5,12H2,1H3,(H,13,14)/t7-/m0/s1. The average molecular weight is 205 g/mol. The molecular formula is C11H15N3O. The third-order valence-electron chi connectivity index (χ3n) is 2.35. The van der Waals surface area contributed by atoms with Gasteiger partial charge in [-0.2, -0.15) is 0 Å². The van der Waals surface area contributed by atoms with Crippen LogP contribution in [0.25, 0.3) is 11.0 Å². The highest BCUT2D eigenvalue weighted by Gasteiger charge is 2.04. The summed E-state index contributed by atoms with van der Waals surface area (Å²) in [5.41, 5.74) is 8.27. The van der Waals surface area contributed by atoms with E-state index in [0.29, 0.717) is 0 Å². The van der Waals surface area contributed by atoms with Gasteiger partial charge in [0.15, 0.2) is 0 Å². The van der Waals surface area contributed by atoms with E-state index < -0.39 is 0 Å². The fraction of sp³-hybridized carbons (Fsp3) is 0.364. The van der Waals surface area contributed by atoms with Crippen LogP contribution in [0, 0.1) is 0 Å². The van der Waals surface area contributed by atoms with Crippen molar-refractivity contribution in [2.24, 2.45) is 0 Å². The fourth-order valence-electron chi connectivity index (χ4n) is 1.54. The van der Waals surface area contributed by atoms with Crippen LogP contribution in [0.1, 0.15) is 19.2 Å². The van der Waals surface area contributed by atoms with Gasteiger partial charge in [-0.05, 0) is 31.5 Å². The first kappa shape index (κ1) is 9.98. The molecule has 0 aliphatic heterocycles. The van der Waals surface area contributed by atoms with Crippen LogP contribution in [0.4, 0.5) is 5.69 Å². The van der Waals surface area contributed by atoms with Crippen molar-refractivity contribution >= 4 is 16.7 Å². The van der Waals surface area contributed by atoms with Gasteiger partial charge in [0.05, 0.1) is 17.1 Å². The molecule has 0 fully saturated rings. The molecular weight excluding hydrogens is 190 g/mol. The Labute approximate surface area is 88.1 Å². The van der Waals surface area contributed by atoms with E-state index in [9.17, 15) is 5.11 Å². The van der Waals surface area contributed by atoms with Crippen molar-refractivity contribution in [2.75, 3.05) is 5.73 Å². The van der Waals surface area contributed by atoms with Gasteiger partial charge in [0.25, 0.3) is 0 Å². The Morgan fingerprint density at radius 1 is 1.53 bits per heavy atom. The number of aromatic amines is 1. The van der Waals surface area contributed by atoms with Crippen LogP contribution in [0.2, 0.25) is 0 Å². The molecule has 0 radical (unpaired) electrons. The van der Waals surface area contributed by atoms with E-state index in [2.05, 4.69) is 9.97 Å². The van der Waals surface area contributed by atoms with E-state index in [1.54, 1.807) is 6.92 Å². The topological polar surface area (TPSA) is 74.9 Å². The van der Waals surface area contributed by atoms with E-state index in [1.165, 1.54) is 0 Å². The normalized spacial score (nSPS) is 13.2. The van der Waals surface area contributed by atoms with Crippen LogP contribution in [-0.2, 0) is 6.42 Å². The molecule has 4 heteroatoms. The predicted octanol–water partition coefficient (Wildman–Crippen LogP) is 1.46. The van der Waals surface area contributed by atoms with Crippen molar-refractivity contribution in [3.8, 4) is 0 Å². The number of benzene rings is 1. The largest absolute Gasteiger partial charge is 0.399 e. The maximum Gasteiger partial charge on any atom is 0.107 e. The number of fused-ring (bicyclic) bond motifs is 1. The lowest BCUT2D eigenvalue weighted by atomic mass is 10.2. The zero-order valence-electron chi connectivity index (χ0n) is 8.70. The Kier molecular flexibility index (Phi) is 2.60. The number of nitrogens with two attached hydrogens (primary N) is 1. The van der Waals surface area contributed by atoms with E-state index in [1.807, 2.05) is 18.2 Å². The van der Waals surface area contributed by atoms with Crippen LogP contribution in [-0.4, -0.2) is 21.2 Å². The van der Waals surface area contributed by atoms with E-state index in [4.69, 9.17) is 5.73 Å². The van der Waals surface area contributed by atoms with Gasteiger partial charge in [-0.15, -0.1) is 0 Å². The van der Waals surface area contributed by atoms with E-state index in [-0.39, 0.29) is 6.10 Å². The fourth-order valence-corrected chi connectivity index (χ4v) is 1.54. The Morgan fingerprint density at radius 3 is 3.07 bits per heavy atom. The summed E-state index contributed by atoms with van der Waals surface area (Å²) < 4.78 is 0. The van der Waals surface area contributed by atoms with Gasteiger partial charge in [-0.25, -0.2) is 4.98 Å². The van der Waals surface area contributed by atoms with Crippen molar-refractivity contribution < 1.29 is 5.11 Å². The van der Waals surface area contributed by atoms with Crippen molar-refractivity contribution in [1.29, 1.82) is 0 Å². The molecule has 0 aliphatic rings. The van der Waals surface area contributed by atoms with Crippen molar-refractivity contribution in [1.82, 2.24) is 9.97 Å². The summed E-state index contributed by atoms with van der Waals surface area (Å²) in [5, 5.41) is 9.17. The molecule has 80 valence electrons. The predicted molar refractivity (Wildman–Crippen MR) is 60.5 cm³/mol. The molecule has 1 aromatic carbocycles. The molecule has 0 unspecified atom stereocenters. The maximum absolute atomic E-state index is 9.17. The Bertz CT molecular complexity index is 462. The smallest absolute Gasteiger partial charge is 0.107 e. The summed E-state index contributed by atoms with van der Waals surface area (Å²) >= 11 is 0. The van der Waals surface area contributed by atoms with Gasteiger partial charge >= 0.3 is 0 Å². The lowest BCUT2D eigenvalue weighted by molar-refractivity contribution is 0.184. The zero-order chi connectivity index (χ0) is 10.8. The SMILES string of the molecule is C[C@H](O)CCc1nc2ccc(N)cc2[nH]1. The molecule has 0 amide bonds. The zero-order valence-corrected chi connectivity index (χ0v) is 8.70. The number of anilines is 1. The molecule has 4 N–H and O–H groups in total. The van der Waals surface area contributed by atoms with Crippen LogP contribution < -0.4 is 5.73 Å². The molecule has 0 saturated carbocycles. The first-order chi connectivity index (χ1) is 7.15. The summed E-state index contributed by atoms with van der Waals surface area (Å²) in [6, 6.07) is 5.60. The van der Waals surface area contributed by atoms with Crippen LogP contribution >= 0.6 is 0 Å². The highest BCUT2D eigenvalue weighted by molar-refractivity contribution is 5.78. The number of imidazole rings is 1. The van der Waals surface area contributed by atoms with Crippen molar-refractivity contribution in [2.45, 2.75) is 25.9 Å². The number of aromatic nitrogens is 2. The Balaban J connectivity index is 2.23. The van der Waals surface area contributed by atoms with Crippen LogP contribution in [0.5, 0.6) is 0 Å². The Hall–Kier alpha value is -1.55. The number of nitrogens with one attached hydrogen (secondary N) is 1. The summed E-state index contributed by atoms with van der Waals surface area (Å²) in [4.78, 5) is 7.59. The van der Waals surface area contributed by atoms with Crippen molar-refractivity contribution in [3.05, 3.63) is 24.0 Å². The van der Waals surface area contributed by atoms with Gasteiger partial charge in [-0.3, -0.25) is 0 Å². The summed E-state index contributed by atoms with van der Waals surface area (Å²) in [6.45, 7) is 1.78. The van der Waals surface area contributed by atoms with Gasteiger partial charge in [0.1, 0.15) is 5.82 Å². The van der Waals surface area contributed by atoms with Crippen LogP contribution in [0.15, 0.2) is 18.2 Å². The highest BCUT2D eigenvalue weighted by atomic mass is 16.3. The molecule has 1 aromatic heterocycles. The van der Waals surface area contributed by atoms with Gasteiger partial charge in [0.2, 0.25) is 0 Å². The minimum atomic E-state index is -0.289. The maximum atomic E-state index is 9.17. The molecule has 2 rings (SSSR count). The second kappa shape index (κ2) is 3.90. The molecule has 1 atom stereocenters. The molecule has 4 nitrogen and oxygen atoms in total. The molecule has 1 heterocycles. The minimum absolute atomic E-state index is 0.289. The molecule has 0 aliphatic carbocycles. The molecule has 15 heavy (non-hydrogen) atoms. The Morgan fingerprint density at radius 2 is 2.33 bits per heavy atom. The average Bonchev–Trinajstić information content (AvgIpc) is 2.56. The third kappa shape index (κ3) is 2.27. The summed E-state index contributed by atoms with van der Waals surface area (Å²) in [7, 11) is 0. The summed E-state index contributed by atoms with van der Waals surface area (Å²) in [6.07, 6.45) is 1.19. The van der Waals surface area contributed by atoms with E-state index in [0.717, 1.165) is 35.4 Å². The number of nitrogens with zero attached hydrogens (tertiary/aromatic N) is 1. The second-order valence-corrected chi connectivity index (χ2v) is 3.85. The van der Waals surface area contributed by atoms with Gasteiger partial charge in [-0.1, -0.05) is 0 Å². The number of aryl methyl sites for hydroxylation is 1. The van der Waals surface area contributed by atoms with Crippen molar-refractivity contribution in [3.63, 3.8) is 0 Å². The lowest BCUT2D eigenvalue weighted by Gasteiger charge is -1.99. The summed E-state index contributed by atoms with van der Waals surface area (Å²) in [5.74, 6) is 0.900. The quantitative estimate of drug-likeness (QED) is 0.664. The number of rotatable bonds is 3. The van der Waals surface area contributed by atoms with Gasteiger partial charge < -0.3 is 15.8 Å². The molecule has 2 aromatic rings. The minimum Gasteiger partial charge on any atom is -0.399 e. The monoisotopic (exact) mass is 205 g/mol. The highest BCUT2D eigenvalue weighted by Crippen LogP contribution is 2.15. The molecule has 0 saturated heterocycles. The number of aliphatic hydroxyl groups excluding tert-OH is 1. The van der Waals surface area contributed by atoms with Crippen LogP contribution in [0.3, 0.4) is 0 Å². The number of aliphatic hydroxyl groups is 1. The molecule has 0 spiro atoms. The van der Waals surface area contributed by atoms with E-state index >= 15 is 0 Å². The molecule has 0 bridgehead atoms. The third-order valence-corrected chi connectivity index (χ3v) is 2.35. The number of nitrogen functional groups attached to an aromatic ring is 1.